The molecule has 1 aromatic heterocycles. The third kappa shape index (κ3) is 8.63. The first-order valence-electron chi connectivity index (χ1n) is 12.8. The van der Waals surface area contributed by atoms with Gasteiger partial charge in [-0.25, -0.2) is 9.59 Å². The number of aryl methyl sites for hydroxylation is 1. The highest BCUT2D eigenvalue weighted by molar-refractivity contribution is 5.87. The van der Waals surface area contributed by atoms with Crippen LogP contribution < -0.4 is 15.1 Å². The van der Waals surface area contributed by atoms with Gasteiger partial charge in [-0.3, -0.25) is 0 Å². The normalized spacial score (nSPS) is 12.3. The third-order valence-electron chi connectivity index (χ3n) is 6.14. The summed E-state index contributed by atoms with van der Waals surface area (Å²) >= 11 is 0. The molecule has 6 nitrogen and oxygen atoms in total. The minimum absolute atomic E-state index is 0.0890. The van der Waals surface area contributed by atoms with Crippen LogP contribution in [0, 0.1) is 5.92 Å². The van der Waals surface area contributed by atoms with Gasteiger partial charge in [0, 0.05) is 28.5 Å². The maximum absolute atomic E-state index is 13.0. The number of carbonyl (C=O) groups excluding carboxylic acids is 1. The van der Waals surface area contributed by atoms with E-state index in [1.54, 1.807) is 25.3 Å². The molecular formula is C30H33F3O6. The summed E-state index contributed by atoms with van der Waals surface area (Å²) in [6.45, 7) is 6.13. The van der Waals surface area contributed by atoms with Crippen LogP contribution in [0.5, 0.6) is 11.5 Å². The van der Waals surface area contributed by atoms with Crippen molar-refractivity contribution >= 4 is 16.9 Å². The number of hydrogen-bond donors (Lipinski definition) is 0. The Balaban J connectivity index is 1.79. The van der Waals surface area contributed by atoms with E-state index >= 15 is 0 Å². The van der Waals surface area contributed by atoms with E-state index in [2.05, 4.69) is 13.5 Å². The van der Waals surface area contributed by atoms with Gasteiger partial charge < -0.3 is 18.6 Å². The van der Waals surface area contributed by atoms with Gasteiger partial charge in [0.05, 0.1) is 32.3 Å². The van der Waals surface area contributed by atoms with Crippen LogP contribution in [0.1, 0.15) is 45.1 Å². The molecular weight excluding hydrogens is 513 g/mol. The molecule has 0 bridgehead atoms. The number of halogens is 3. The summed E-state index contributed by atoms with van der Waals surface area (Å²) < 4.78 is 60.6. The Morgan fingerprint density at radius 2 is 1.82 bits per heavy atom. The highest BCUT2D eigenvalue weighted by Gasteiger charge is 2.33. The molecule has 1 unspecified atom stereocenters. The van der Waals surface area contributed by atoms with Crippen LogP contribution in [-0.2, 0) is 16.0 Å². The second-order valence-corrected chi connectivity index (χ2v) is 9.51. The van der Waals surface area contributed by atoms with Crippen LogP contribution >= 0.6 is 0 Å². The number of alkyl halides is 3. The van der Waals surface area contributed by atoms with Crippen molar-refractivity contribution < 1.29 is 36.6 Å². The number of unbranched alkanes of at least 4 members (excludes halogenated alkanes) is 2. The van der Waals surface area contributed by atoms with Gasteiger partial charge in [0.15, 0.2) is 0 Å². The lowest BCUT2D eigenvalue weighted by atomic mass is 10.00. The fraction of sp³-hybridized carbons (Fsp3) is 0.400. The lowest BCUT2D eigenvalue weighted by Crippen LogP contribution is -2.26. The van der Waals surface area contributed by atoms with Gasteiger partial charge in [0.1, 0.15) is 17.1 Å². The van der Waals surface area contributed by atoms with E-state index in [-0.39, 0.29) is 23.5 Å². The number of benzene rings is 2. The van der Waals surface area contributed by atoms with E-state index in [0.29, 0.717) is 22.3 Å². The quantitative estimate of drug-likeness (QED) is 0.0972. The summed E-state index contributed by atoms with van der Waals surface area (Å²) in [5.41, 5.74) is 1.78. The average Bonchev–Trinajstić information content (AvgIpc) is 2.88. The maximum atomic E-state index is 13.0. The van der Waals surface area contributed by atoms with Crippen molar-refractivity contribution in [2.75, 3.05) is 20.3 Å². The van der Waals surface area contributed by atoms with Crippen molar-refractivity contribution in [3.8, 4) is 22.6 Å². The van der Waals surface area contributed by atoms with E-state index in [4.69, 9.17) is 18.6 Å². The number of carbonyl (C=O) groups is 1. The molecule has 3 rings (SSSR count). The monoisotopic (exact) mass is 546 g/mol. The van der Waals surface area contributed by atoms with Crippen molar-refractivity contribution in [2.24, 2.45) is 5.92 Å². The molecule has 1 heterocycles. The fourth-order valence-electron chi connectivity index (χ4n) is 4.09. The topological polar surface area (TPSA) is 75.0 Å². The highest BCUT2D eigenvalue weighted by atomic mass is 19.4. The molecule has 0 N–H and O–H groups in total. The zero-order valence-corrected chi connectivity index (χ0v) is 22.4. The van der Waals surface area contributed by atoms with Gasteiger partial charge in [-0.1, -0.05) is 38.5 Å². The summed E-state index contributed by atoms with van der Waals surface area (Å²) in [6, 6.07) is 12.1. The molecule has 0 aliphatic heterocycles. The van der Waals surface area contributed by atoms with Crippen molar-refractivity contribution in [3.05, 3.63) is 70.6 Å². The molecule has 0 fully saturated rings. The van der Waals surface area contributed by atoms with Crippen LogP contribution in [0.15, 0.2) is 63.8 Å². The second-order valence-electron chi connectivity index (χ2n) is 9.51. The first kappa shape index (κ1) is 29.8. The molecule has 0 saturated carbocycles. The maximum Gasteiger partial charge on any atom is 0.389 e. The second kappa shape index (κ2) is 13.4. The Morgan fingerprint density at radius 1 is 1.05 bits per heavy atom. The zero-order valence-electron chi connectivity index (χ0n) is 22.4. The van der Waals surface area contributed by atoms with Gasteiger partial charge in [0.25, 0.3) is 0 Å². The van der Waals surface area contributed by atoms with E-state index in [9.17, 15) is 22.8 Å². The molecule has 0 radical (unpaired) electrons. The van der Waals surface area contributed by atoms with E-state index in [0.717, 1.165) is 31.2 Å². The Hall–Kier alpha value is -3.75. The Bertz CT molecular complexity index is 1360. The molecule has 210 valence electrons. The van der Waals surface area contributed by atoms with Crippen LogP contribution in [0.2, 0.25) is 0 Å². The molecule has 1 atom stereocenters. The van der Waals surface area contributed by atoms with Crippen LogP contribution in [-0.4, -0.2) is 32.5 Å². The Morgan fingerprint density at radius 3 is 2.49 bits per heavy atom. The van der Waals surface area contributed by atoms with Crippen molar-refractivity contribution in [3.63, 3.8) is 0 Å². The summed E-state index contributed by atoms with van der Waals surface area (Å²) in [4.78, 5) is 24.5. The predicted octanol–water partition coefficient (Wildman–Crippen LogP) is 7.27. The van der Waals surface area contributed by atoms with E-state index < -0.39 is 36.7 Å². The van der Waals surface area contributed by atoms with Crippen LogP contribution in [0.25, 0.3) is 22.1 Å². The van der Waals surface area contributed by atoms with Gasteiger partial charge in [-0.2, -0.15) is 13.2 Å². The molecule has 9 heteroatoms. The van der Waals surface area contributed by atoms with Crippen LogP contribution in [0.3, 0.4) is 0 Å². The highest BCUT2D eigenvalue weighted by Crippen LogP contribution is 2.32. The van der Waals surface area contributed by atoms with Gasteiger partial charge in [-0.15, -0.1) is 0 Å². The van der Waals surface area contributed by atoms with Gasteiger partial charge in [-0.05, 0) is 49.6 Å². The number of fused-ring (bicyclic) bond motifs is 1. The first-order chi connectivity index (χ1) is 18.5. The van der Waals surface area contributed by atoms with Crippen molar-refractivity contribution in [2.45, 2.75) is 52.1 Å². The lowest BCUT2D eigenvalue weighted by molar-refractivity contribution is -0.158. The molecule has 0 amide bonds. The third-order valence-corrected chi connectivity index (χ3v) is 6.14. The van der Waals surface area contributed by atoms with E-state index in [1.807, 2.05) is 18.2 Å². The molecule has 0 spiro atoms. The number of ether oxygens (including phenoxy) is 3. The molecule has 0 aliphatic rings. The SMILES string of the molecule is C=C(C)C(=O)OCC(COc1ccc2cc(-c3ccc(CCCCC)cc3OC)c(=O)oc2c1)CC(F)(F)F. The minimum atomic E-state index is -4.47. The molecule has 2 aromatic carbocycles. The van der Waals surface area contributed by atoms with Crippen molar-refractivity contribution in [1.82, 2.24) is 0 Å². The largest absolute Gasteiger partial charge is 0.496 e. The Kier molecular flexibility index (Phi) is 10.2. The van der Waals surface area contributed by atoms with Crippen LogP contribution in [0.4, 0.5) is 13.2 Å². The van der Waals surface area contributed by atoms with Crippen molar-refractivity contribution in [1.29, 1.82) is 0 Å². The number of esters is 1. The number of rotatable bonds is 13. The van der Waals surface area contributed by atoms with Gasteiger partial charge >= 0.3 is 17.8 Å². The predicted molar refractivity (Wildman–Crippen MR) is 143 cm³/mol. The minimum Gasteiger partial charge on any atom is -0.496 e. The Labute approximate surface area is 225 Å². The standard InChI is InChI=1S/C30H33F3O6/c1-5-6-7-8-20-9-12-24(27(13-20)36-4)25-14-22-10-11-23(15-26(22)39-29(25)35)37-17-21(16-30(31,32)33)18-38-28(34)19(2)3/h9-15,21H,2,5-8,16-18H2,1,3-4H3. The summed E-state index contributed by atoms with van der Waals surface area (Å²) in [5.74, 6) is -1.12. The number of methoxy groups -OCH3 is 1. The smallest absolute Gasteiger partial charge is 0.389 e. The molecule has 0 aliphatic carbocycles. The molecule has 0 saturated heterocycles. The summed E-state index contributed by atoms with van der Waals surface area (Å²) in [5, 5.41) is 0.605. The summed E-state index contributed by atoms with van der Waals surface area (Å²) in [7, 11) is 1.55. The van der Waals surface area contributed by atoms with Gasteiger partial charge in [0.2, 0.25) is 0 Å². The lowest BCUT2D eigenvalue weighted by Gasteiger charge is -2.19. The molecule has 3 aromatic rings. The summed E-state index contributed by atoms with van der Waals surface area (Å²) in [6.07, 6.45) is -1.42. The average molecular weight is 547 g/mol. The van der Waals surface area contributed by atoms with E-state index in [1.165, 1.54) is 13.0 Å². The first-order valence-corrected chi connectivity index (χ1v) is 12.8. The molecule has 39 heavy (non-hydrogen) atoms. The fourth-order valence-corrected chi connectivity index (χ4v) is 4.09. The zero-order chi connectivity index (χ0) is 28.6. The number of hydrogen-bond acceptors (Lipinski definition) is 6.